The van der Waals surface area contributed by atoms with Crippen molar-refractivity contribution in [1.82, 2.24) is 29.9 Å². The SMILES string of the molecule is CC(C)CC(=O)N1CCCC(c2nc3c(nnn3Cc3ccc(F)cc3)c(=O)[nH]2)C1. The number of nitrogens with one attached hydrogen (secondary N) is 1. The topological polar surface area (TPSA) is 96.8 Å². The van der Waals surface area contributed by atoms with Crippen LogP contribution in [0.25, 0.3) is 11.2 Å². The van der Waals surface area contributed by atoms with Gasteiger partial charge >= 0.3 is 0 Å². The van der Waals surface area contributed by atoms with E-state index < -0.39 is 0 Å². The number of piperidine rings is 1. The maximum atomic E-state index is 13.2. The Morgan fingerprint density at radius 2 is 2.07 bits per heavy atom. The van der Waals surface area contributed by atoms with E-state index in [0.29, 0.717) is 36.9 Å². The summed E-state index contributed by atoms with van der Waals surface area (Å²) in [5, 5.41) is 8.02. The Morgan fingerprint density at radius 3 is 2.80 bits per heavy atom. The number of amides is 1. The van der Waals surface area contributed by atoms with Crippen LogP contribution in [0.3, 0.4) is 0 Å². The molecule has 3 aromatic rings. The monoisotopic (exact) mass is 412 g/mol. The van der Waals surface area contributed by atoms with E-state index in [4.69, 9.17) is 0 Å². The molecule has 1 unspecified atom stereocenters. The second-order valence-electron chi connectivity index (χ2n) is 8.27. The van der Waals surface area contributed by atoms with Gasteiger partial charge in [-0.15, -0.1) is 5.10 Å². The van der Waals surface area contributed by atoms with Gasteiger partial charge in [-0.1, -0.05) is 31.2 Å². The van der Waals surface area contributed by atoms with E-state index in [1.807, 2.05) is 18.7 Å². The van der Waals surface area contributed by atoms with E-state index >= 15 is 0 Å². The molecule has 1 atom stereocenters. The summed E-state index contributed by atoms with van der Waals surface area (Å²) in [5.74, 6) is 0.645. The van der Waals surface area contributed by atoms with Gasteiger partial charge in [-0.3, -0.25) is 9.59 Å². The molecule has 1 aliphatic rings. The maximum Gasteiger partial charge on any atom is 0.281 e. The minimum atomic E-state index is -0.342. The Kier molecular flexibility index (Phi) is 5.61. The van der Waals surface area contributed by atoms with Crippen LogP contribution < -0.4 is 5.56 Å². The van der Waals surface area contributed by atoms with Crippen molar-refractivity contribution in [3.63, 3.8) is 0 Å². The third-order valence-corrected chi connectivity index (χ3v) is 5.38. The Morgan fingerprint density at radius 1 is 1.30 bits per heavy atom. The Bertz CT molecular complexity index is 1100. The largest absolute Gasteiger partial charge is 0.342 e. The van der Waals surface area contributed by atoms with Gasteiger partial charge in [0.15, 0.2) is 11.2 Å². The number of aromatic nitrogens is 5. The predicted molar refractivity (Wildman–Crippen MR) is 109 cm³/mol. The lowest BCUT2D eigenvalue weighted by atomic mass is 9.96. The lowest BCUT2D eigenvalue weighted by Gasteiger charge is -2.32. The average Bonchev–Trinajstić information content (AvgIpc) is 3.12. The van der Waals surface area contributed by atoms with Crippen molar-refractivity contribution >= 4 is 17.1 Å². The summed E-state index contributed by atoms with van der Waals surface area (Å²) in [7, 11) is 0. The zero-order valence-corrected chi connectivity index (χ0v) is 17.1. The molecule has 1 aromatic carbocycles. The molecule has 9 heteroatoms. The van der Waals surface area contributed by atoms with E-state index in [0.717, 1.165) is 24.9 Å². The third-order valence-electron chi connectivity index (χ3n) is 5.38. The Labute approximate surface area is 173 Å². The fourth-order valence-electron chi connectivity index (χ4n) is 3.85. The van der Waals surface area contributed by atoms with Crippen LogP contribution in [0, 0.1) is 11.7 Å². The van der Waals surface area contributed by atoms with Crippen LogP contribution in [0.4, 0.5) is 4.39 Å². The molecule has 1 amide bonds. The maximum absolute atomic E-state index is 13.2. The molecular formula is C21H25FN6O2. The first-order chi connectivity index (χ1) is 14.4. The van der Waals surface area contributed by atoms with Crippen molar-refractivity contribution in [3.05, 3.63) is 51.8 Å². The minimum Gasteiger partial charge on any atom is -0.342 e. The van der Waals surface area contributed by atoms with Crippen LogP contribution in [-0.2, 0) is 11.3 Å². The van der Waals surface area contributed by atoms with E-state index in [1.165, 1.54) is 12.1 Å². The van der Waals surface area contributed by atoms with Gasteiger partial charge in [0.05, 0.1) is 6.54 Å². The molecule has 1 N–H and O–H groups in total. The van der Waals surface area contributed by atoms with Gasteiger partial charge in [0, 0.05) is 25.4 Å². The smallest absolute Gasteiger partial charge is 0.281 e. The second-order valence-corrected chi connectivity index (χ2v) is 8.27. The summed E-state index contributed by atoms with van der Waals surface area (Å²) in [6.45, 7) is 5.66. The van der Waals surface area contributed by atoms with Gasteiger partial charge < -0.3 is 9.88 Å². The minimum absolute atomic E-state index is 0.0406. The van der Waals surface area contributed by atoms with Crippen LogP contribution in [0.1, 0.15) is 50.4 Å². The van der Waals surface area contributed by atoms with Gasteiger partial charge in [0.25, 0.3) is 5.56 Å². The number of carbonyl (C=O) groups excluding carboxylic acids is 1. The molecular weight excluding hydrogens is 387 g/mol. The van der Waals surface area contributed by atoms with E-state index in [1.54, 1.807) is 16.8 Å². The molecule has 0 bridgehead atoms. The molecule has 158 valence electrons. The van der Waals surface area contributed by atoms with Crippen molar-refractivity contribution in [3.8, 4) is 0 Å². The molecule has 30 heavy (non-hydrogen) atoms. The number of likely N-dealkylation sites (tertiary alicyclic amines) is 1. The Hall–Kier alpha value is -3.10. The standard InChI is InChI=1S/C21H25FN6O2/c1-13(2)10-17(29)27-9-3-4-15(12-27)19-23-20-18(21(30)24-19)25-26-28(20)11-14-5-7-16(22)8-6-14/h5-8,13,15H,3-4,9-12H2,1-2H3,(H,23,24,30). The van der Waals surface area contributed by atoms with Crippen molar-refractivity contribution in [2.45, 2.75) is 45.6 Å². The normalized spacial score (nSPS) is 17.1. The van der Waals surface area contributed by atoms with Crippen molar-refractivity contribution < 1.29 is 9.18 Å². The van der Waals surface area contributed by atoms with E-state index in [9.17, 15) is 14.0 Å². The zero-order chi connectivity index (χ0) is 21.3. The molecule has 4 rings (SSSR count). The number of H-pyrrole nitrogens is 1. The second kappa shape index (κ2) is 8.33. The number of nitrogens with zero attached hydrogens (tertiary/aromatic N) is 5. The quantitative estimate of drug-likeness (QED) is 0.694. The Balaban J connectivity index is 1.61. The van der Waals surface area contributed by atoms with Crippen LogP contribution >= 0.6 is 0 Å². The van der Waals surface area contributed by atoms with Crippen molar-refractivity contribution in [1.29, 1.82) is 0 Å². The number of hydrogen-bond acceptors (Lipinski definition) is 5. The molecule has 1 saturated heterocycles. The summed E-state index contributed by atoms with van der Waals surface area (Å²) in [6, 6.07) is 6.09. The molecule has 3 heterocycles. The van der Waals surface area contributed by atoms with Gasteiger partial charge in [-0.2, -0.15) is 0 Å². The molecule has 0 aliphatic carbocycles. The molecule has 0 radical (unpaired) electrons. The molecule has 0 spiro atoms. The van der Waals surface area contributed by atoms with E-state index in [2.05, 4.69) is 20.3 Å². The number of hydrogen-bond donors (Lipinski definition) is 1. The van der Waals surface area contributed by atoms with Gasteiger partial charge in [0.1, 0.15) is 11.6 Å². The summed E-state index contributed by atoms with van der Waals surface area (Å²) >= 11 is 0. The molecule has 8 nitrogen and oxygen atoms in total. The lowest BCUT2D eigenvalue weighted by molar-refractivity contribution is -0.133. The number of halogens is 1. The van der Waals surface area contributed by atoms with Crippen LogP contribution in [0.5, 0.6) is 0 Å². The molecule has 0 saturated carbocycles. The number of fused-ring (bicyclic) bond motifs is 1. The number of benzene rings is 1. The number of rotatable bonds is 5. The highest BCUT2D eigenvalue weighted by Crippen LogP contribution is 2.25. The van der Waals surface area contributed by atoms with Gasteiger partial charge in [-0.25, -0.2) is 14.1 Å². The zero-order valence-electron chi connectivity index (χ0n) is 17.1. The first kappa shape index (κ1) is 20.2. The summed E-state index contributed by atoms with van der Waals surface area (Å²) in [5.41, 5.74) is 1.05. The van der Waals surface area contributed by atoms with E-state index in [-0.39, 0.29) is 28.7 Å². The van der Waals surface area contributed by atoms with Gasteiger partial charge in [-0.05, 0) is 36.5 Å². The molecule has 1 aliphatic heterocycles. The number of carbonyl (C=O) groups is 1. The first-order valence-corrected chi connectivity index (χ1v) is 10.3. The molecule has 1 fully saturated rings. The third kappa shape index (κ3) is 4.24. The summed E-state index contributed by atoms with van der Waals surface area (Å²) in [4.78, 5) is 34.4. The van der Waals surface area contributed by atoms with Crippen LogP contribution in [0.2, 0.25) is 0 Å². The summed E-state index contributed by atoms with van der Waals surface area (Å²) in [6.07, 6.45) is 2.23. The first-order valence-electron chi connectivity index (χ1n) is 10.3. The predicted octanol–water partition coefficient (Wildman–Crippen LogP) is 2.45. The van der Waals surface area contributed by atoms with Crippen molar-refractivity contribution in [2.24, 2.45) is 5.92 Å². The molecule has 2 aromatic heterocycles. The summed E-state index contributed by atoms with van der Waals surface area (Å²) < 4.78 is 14.7. The van der Waals surface area contributed by atoms with Crippen LogP contribution in [0.15, 0.2) is 29.1 Å². The van der Waals surface area contributed by atoms with Gasteiger partial charge in [0.2, 0.25) is 5.91 Å². The average molecular weight is 412 g/mol. The highest BCUT2D eigenvalue weighted by Gasteiger charge is 2.27. The highest BCUT2D eigenvalue weighted by molar-refractivity contribution is 5.76. The number of aromatic amines is 1. The fourth-order valence-corrected chi connectivity index (χ4v) is 3.85. The highest BCUT2D eigenvalue weighted by atomic mass is 19.1. The van der Waals surface area contributed by atoms with Crippen LogP contribution in [-0.4, -0.2) is 48.9 Å². The fraction of sp³-hybridized carbons (Fsp3) is 0.476. The lowest BCUT2D eigenvalue weighted by Crippen LogP contribution is -2.40. The van der Waals surface area contributed by atoms with Crippen molar-refractivity contribution in [2.75, 3.05) is 13.1 Å².